The van der Waals surface area contributed by atoms with E-state index >= 15 is 0 Å². The first-order valence-electron chi connectivity index (χ1n) is 7.13. The Balaban J connectivity index is 2.32. The summed E-state index contributed by atoms with van der Waals surface area (Å²) in [5.41, 5.74) is 0.579. The third-order valence-corrected chi connectivity index (χ3v) is 3.94. The molecule has 1 heterocycles. The van der Waals surface area contributed by atoms with Crippen molar-refractivity contribution in [1.29, 1.82) is 0 Å². The molecule has 2 rings (SSSR count). The fourth-order valence-corrected chi connectivity index (χ4v) is 2.85. The van der Waals surface area contributed by atoms with Crippen LogP contribution in [0.15, 0.2) is 18.2 Å². The highest BCUT2D eigenvalue weighted by atomic mass is 16.5. The minimum absolute atomic E-state index is 0.00540. The van der Waals surface area contributed by atoms with E-state index in [1.165, 1.54) is 7.11 Å². The number of nitrogens with zero attached hydrogens (tertiary/aromatic N) is 1. The van der Waals surface area contributed by atoms with Crippen LogP contribution >= 0.6 is 0 Å². The summed E-state index contributed by atoms with van der Waals surface area (Å²) in [5.74, 6) is 0.224. The minimum atomic E-state index is -0.919. The first-order chi connectivity index (χ1) is 10.4. The zero-order valence-corrected chi connectivity index (χ0v) is 13.5. The SMILES string of the molecule is COc1ccc(OC)c(C(C(=O)O)N(C)CC2(C)COC2)c1. The van der Waals surface area contributed by atoms with Crippen molar-refractivity contribution in [3.63, 3.8) is 0 Å². The second-order valence-corrected chi connectivity index (χ2v) is 6.07. The molecule has 1 aromatic carbocycles. The number of rotatable bonds is 7. The van der Waals surface area contributed by atoms with E-state index in [0.717, 1.165) is 0 Å². The molecule has 1 aliphatic heterocycles. The van der Waals surface area contributed by atoms with Crippen LogP contribution in [-0.4, -0.2) is 57.0 Å². The van der Waals surface area contributed by atoms with Crippen molar-refractivity contribution < 1.29 is 24.1 Å². The van der Waals surface area contributed by atoms with Crippen LogP contribution in [0.1, 0.15) is 18.5 Å². The van der Waals surface area contributed by atoms with Crippen molar-refractivity contribution >= 4 is 5.97 Å². The highest BCUT2D eigenvalue weighted by Gasteiger charge is 2.38. The molecule has 6 nitrogen and oxygen atoms in total. The molecule has 1 atom stereocenters. The fourth-order valence-electron chi connectivity index (χ4n) is 2.85. The van der Waals surface area contributed by atoms with Crippen LogP contribution in [0.2, 0.25) is 0 Å². The van der Waals surface area contributed by atoms with E-state index in [1.807, 2.05) is 4.90 Å². The van der Waals surface area contributed by atoms with Crippen molar-refractivity contribution in [3.8, 4) is 11.5 Å². The van der Waals surface area contributed by atoms with Crippen LogP contribution < -0.4 is 9.47 Å². The summed E-state index contributed by atoms with van der Waals surface area (Å²) in [7, 11) is 4.89. The van der Waals surface area contributed by atoms with Gasteiger partial charge in [-0.25, -0.2) is 0 Å². The van der Waals surface area contributed by atoms with Gasteiger partial charge in [-0.05, 0) is 25.2 Å². The lowest BCUT2D eigenvalue weighted by atomic mass is 9.87. The Hall–Kier alpha value is -1.79. The van der Waals surface area contributed by atoms with Crippen molar-refractivity contribution in [2.24, 2.45) is 5.41 Å². The molecular weight excluding hydrogens is 286 g/mol. The molecule has 1 aliphatic rings. The number of carboxylic acids is 1. The maximum atomic E-state index is 11.8. The molecule has 122 valence electrons. The van der Waals surface area contributed by atoms with Crippen LogP contribution in [0.5, 0.6) is 11.5 Å². The van der Waals surface area contributed by atoms with Gasteiger partial charge in [0.25, 0.3) is 0 Å². The Bertz CT molecular complexity index is 541. The lowest BCUT2D eigenvalue weighted by Crippen LogP contribution is -2.49. The molecule has 1 saturated heterocycles. The first-order valence-corrected chi connectivity index (χ1v) is 7.13. The fraction of sp³-hybridized carbons (Fsp3) is 0.562. The van der Waals surface area contributed by atoms with E-state index in [1.54, 1.807) is 32.4 Å². The zero-order valence-electron chi connectivity index (χ0n) is 13.5. The number of carboxylic acid groups (broad SMARTS) is 1. The molecule has 6 heteroatoms. The second kappa shape index (κ2) is 6.54. The van der Waals surface area contributed by atoms with Crippen molar-refractivity contribution in [2.45, 2.75) is 13.0 Å². The summed E-state index contributed by atoms with van der Waals surface area (Å²) < 4.78 is 15.8. The summed E-state index contributed by atoms with van der Waals surface area (Å²) in [6, 6.07) is 4.39. The first kappa shape index (κ1) is 16.6. The Morgan fingerprint density at radius 2 is 2.09 bits per heavy atom. The Morgan fingerprint density at radius 3 is 2.55 bits per heavy atom. The Labute approximate surface area is 130 Å². The number of hydrogen-bond acceptors (Lipinski definition) is 5. The molecule has 0 aromatic heterocycles. The molecular formula is C16H23NO5. The number of carbonyl (C=O) groups is 1. The van der Waals surface area contributed by atoms with Gasteiger partial charge >= 0.3 is 5.97 Å². The zero-order chi connectivity index (χ0) is 16.3. The predicted molar refractivity (Wildman–Crippen MR) is 81.5 cm³/mol. The van der Waals surface area contributed by atoms with Gasteiger partial charge in [-0.3, -0.25) is 9.69 Å². The minimum Gasteiger partial charge on any atom is -0.497 e. The van der Waals surface area contributed by atoms with Gasteiger partial charge in [0.05, 0.1) is 27.4 Å². The third-order valence-electron chi connectivity index (χ3n) is 3.94. The number of benzene rings is 1. The van der Waals surface area contributed by atoms with Crippen LogP contribution in [0.25, 0.3) is 0 Å². The van der Waals surface area contributed by atoms with Crippen LogP contribution in [-0.2, 0) is 9.53 Å². The van der Waals surface area contributed by atoms with Crippen LogP contribution in [0.4, 0.5) is 0 Å². The van der Waals surface area contributed by atoms with Gasteiger partial charge in [0, 0.05) is 17.5 Å². The summed E-state index contributed by atoms with van der Waals surface area (Å²) in [6.45, 7) is 4.02. The van der Waals surface area contributed by atoms with Gasteiger partial charge in [0.1, 0.15) is 17.5 Å². The lowest BCUT2D eigenvalue weighted by Gasteiger charge is -2.42. The van der Waals surface area contributed by atoms with Gasteiger partial charge in [-0.1, -0.05) is 6.92 Å². The maximum Gasteiger partial charge on any atom is 0.325 e. The molecule has 0 amide bonds. The Morgan fingerprint density at radius 1 is 1.41 bits per heavy atom. The molecule has 22 heavy (non-hydrogen) atoms. The van der Waals surface area contributed by atoms with Gasteiger partial charge in [-0.15, -0.1) is 0 Å². The second-order valence-electron chi connectivity index (χ2n) is 6.07. The van der Waals surface area contributed by atoms with Gasteiger partial charge < -0.3 is 19.3 Å². The summed E-state index contributed by atoms with van der Waals surface area (Å²) >= 11 is 0. The van der Waals surface area contributed by atoms with E-state index in [2.05, 4.69) is 6.92 Å². The van der Waals surface area contributed by atoms with Crippen LogP contribution in [0, 0.1) is 5.41 Å². The van der Waals surface area contributed by atoms with E-state index in [-0.39, 0.29) is 5.41 Å². The molecule has 0 bridgehead atoms. The van der Waals surface area contributed by atoms with Gasteiger partial charge in [0.15, 0.2) is 0 Å². The molecule has 1 unspecified atom stereocenters. The number of hydrogen-bond donors (Lipinski definition) is 1. The number of methoxy groups -OCH3 is 2. The number of aliphatic carboxylic acids is 1. The van der Waals surface area contributed by atoms with E-state index in [0.29, 0.717) is 36.8 Å². The molecule has 0 radical (unpaired) electrons. The standard InChI is InChI=1S/C16H23NO5/c1-16(9-22-10-16)8-17(2)14(15(18)19)12-7-11(20-3)5-6-13(12)21-4/h5-7,14H,8-10H2,1-4H3,(H,18,19). The summed E-state index contributed by atoms with van der Waals surface area (Å²) in [5, 5.41) is 9.70. The number of ether oxygens (including phenoxy) is 3. The number of likely N-dealkylation sites (N-methyl/N-ethyl adjacent to an activating group) is 1. The van der Waals surface area contributed by atoms with Crippen molar-refractivity contribution in [2.75, 3.05) is 41.0 Å². The molecule has 1 fully saturated rings. The third kappa shape index (κ3) is 3.34. The van der Waals surface area contributed by atoms with E-state index < -0.39 is 12.0 Å². The molecule has 0 saturated carbocycles. The van der Waals surface area contributed by atoms with E-state index in [4.69, 9.17) is 14.2 Å². The highest BCUT2D eigenvalue weighted by Crippen LogP contribution is 2.35. The van der Waals surface area contributed by atoms with Crippen molar-refractivity contribution in [3.05, 3.63) is 23.8 Å². The molecule has 1 N–H and O–H groups in total. The smallest absolute Gasteiger partial charge is 0.325 e. The predicted octanol–water partition coefficient (Wildman–Crippen LogP) is 1.80. The topological polar surface area (TPSA) is 68.2 Å². The lowest BCUT2D eigenvalue weighted by molar-refractivity contribution is -0.148. The van der Waals surface area contributed by atoms with Gasteiger partial charge in [-0.2, -0.15) is 0 Å². The normalized spacial score (nSPS) is 17.7. The monoisotopic (exact) mass is 309 g/mol. The Kier molecular flexibility index (Phi) is 4.93. The van der Waals surface area contributed by atoms with Crippen molar-refractivity contribution in [1.82, 2.24) is 4.90 Å². The molecule has 0 spiro atoms. The van der Waals surface area contributed by atoms with Gasteiger partial charge in [0.2, 0.25) is 0 Å². The quantitative estimate of drug-likeness (QED) is 0.828. The highest BCUT2D eigenvalue weighted by molar-refractivity contribution is 5.77. The molecule has 1 aromatic rings. The van der Waals surface area contributed by atoms with E-state index in [9.17, 15) is 9.90 Å². The average molecular weight is 309 g/mol. The maximum absolute atomic E-state index is 11.8. The van der Waals surface area contributed by atoms with Crippen LogP contribution in [0.3, 0.4) is 0 Å². The molecule has 0 aliphatic carbocycles. The summed E-state index contributed by atoms with van der Waals surface area (Å²) in [4.78, 5) is 13.7. The summed E-state index contributed by atoms with van der Waals surface area (Å²) in [6.07, 6.45) is 0. The average Bonchev–Trinajstić information content (AvgIpc) is 2.45. The largest absolute Gasteiger partial charge is 0.497 e.